The Morgan fingerprint density at radius 2 is 1.92 bits per heavy atom. The zero-order chi connectivity index (χ0) is 25.1. The Balaban J connectivity index is 1.22. The maximum atomic E-state index is 13.8. The molecule has 2 saturated carbocycles. The first-order chi connectivity index (χ1) is 17.9. The van der Waals surface area contributed by atoms with E-state index < -0.39 is 5.91 Å². The number of carbonyl (C=O) groups is 2. The average Bonchev–Trinajstić information content (AvgIpc) is 3.59. The van der Waals surface area contributed by atoms with Gasteiger partial charge in [-0.15, -0.1) is 0 Å². The van der Waals surface area contributed by atoms with E-state index in [1.807, 2.05) is 17.0 Å². The van der Waals surface area contributed by atoms with Crippen LogP contribution in [0.15, 0.2) is 42.5 Å². The van der Waals surface area contributed by atoms with Crippen molar-refractivity contribution in [2.45, 2.75) is 67.7 Å². The highest BCUT2D eigenvalue weighted by Crippen LogP contribution is 2.69. The monoisotopic (exact) mass is 499 g/mol. The smallest absolute Gasteiger partial charge is 0.254 e. The molecule has 192 valence electrons. The molecule has 7 nitrogen and oxygen atoms in total. The largest absolute Gasteiger partial charge is 0.508 e. The van der Waals surface area contributed by atoms with Gasteiger partial charge >= 0.3 is 0 Å². The summed E-state index contributed by atoms with van der Waals surface area (Å²) in [7, 11) is 0. The molecule has 3 aliphatic heterocycles. The minimum atomic E-state index is -0.528. The van der Waals surface area contributed by atoms with Crippen LogP contribution in [0.3, 0.4) is 0 Å². The van der Waals surface area contributed by atoms with E-state index >= 15 is 0 Å². The average molecular weight is 500 g/mol. The number of benzene rings is 2. The molecule has 4 bridgehead atoms. The number of rotatable bonds is 4. The van der Waals surface area contributed by atoms with Gasteiger partial charge in [-0.25, -0.2) is 0 Å². The fourth-order valence-electron chi connectivity index (χ4n) is 9.23. The molecule has 0 radical (unpaired) electrons. The third-order valence-corrected chi connectivity index (χ3v) is 10.7. The number of hydrogen-bond donors (Lipinski definition) is 2. The maximum Gasteiger partial charge on any atom is 0.254 e. The van der Waals surface area contributed by atoms with E-state index in [1.165, 1.54) is 30.5 Å². The summed E-state index contributed by atoms with van der Waals surface area (Å²) in [5, 5.41) is 10.6. The molecule has 3 aliphatic carbocycles. The molecule has 37 heavy (non-hydrogen) atoms. The normalized spacial score (nSPS) is 37.2. The van der Waals surface area contributed by atoms with Gasteiger partial charge in [-0.2, -0.15) is 0 Å². The molecule has 3 N–H and O–H groups in total. The highest BCUT2D eigenvalue weighted by molar-refractivity contribution is 5.99. The minimum absolute atomic E-state index is 0.0209. The van der Waals surface area contributed by atoms with Crippen LogP contribution >= 0.6 is 0 Å². The van der Waals surface area contributed by atoms with Crippen molar-refractivity contribution < 1.29 is 19.4 Å². The molecule has 0 aromatic heterocycles. The number of hydrogen-bond acceptors (Lipinski definition) is 5. The van der Waals surface area contributed by atoms with Crippen molar-refractivity contribution in [2.75, 3.05) is 19.6 Å². The number of phenolic OH excluding ortho intramolecular Hbond substituents is 1. The standard InChI is InChI=1S/C30H33N3O4/c31-27(35)19-2-1-3-20(12-19)28(36)33-16-24-26-23(33)8-9-30(37-24)25-13-18-6-7-21(34)14-22(18)29(26,30)10-11-32(25)15-17-4-5-17/h1-3,6-7,12,14,17,23-26,34H,4-5,8-11,13,15-16H2,(H2,31,35)/t23-,24-,25-,26+,29+,30-/m1/s1. The Hall–Kier alpha value is -2.90. The second-order valence-corrected chi connectivity index (χ2v) is 12.3. The molecule has 8 rings (SSSR count). The summed E-state index contributed by atoms with van der Waals surface area (Å²) in [4.78, 5) is 30.3. The number of likely N-dealkylation sites (tertiary alicyclic amines) is 2. The molecule has 0 unspecified atom stereocenters. The van der Waals surface area contributed by atoms with Gasteiger partial charge in [-0.05, 0) is 92.4 Å². The number of ether oxygens (including phenoxy) is 1. The van der Waals surface area contributed by atoms with E-state index in [1.54, 1.807) is 24.3 Å². The van der Waals surface area contributed by atoms with Crippen molar-refractivity contribution in [1.82, 2.24) is 9.80 Å². The molecule has 3 saturated heterocycles. The van der Waals surface area contributed by atoms with Crippen LogP contribution in [0, 0.1) is 11.8 Å². The van der Waals surface area contributed by atoms with Gasteiger partial charge < -0.3 is 20.5 Å². The molecule has 7 heteroatoms. The second-order valence-electron chi connectivity index (χ2n) is 12.3. The topological polar surface area (TPSA) is 96.1 Å². The lowest BCUT2D eigenvalue weighted by Gasteiger charge is -2.64. The van der Waals surface area contributed by atoms with Gasteiger partial charge in [0.15, 0.2) is 0 Å². The van der Waals surface area contributed by atoms with Gasteiger partial charge in [0.05, 0.1) is 11.7 Å². The lowest BCUT2D eigenvalue weighted by molar-refractivity contribution is -0.171. The van der Waals surface area contributed by atoms with Gasteiger partial charge in [0.25, 0.3) is 5.91 Å². The summed E-state index contributed by atoms with van der Waals surface area (Å²) < 4.78 is 7.24. The summed E-state index contributed by atoms with van der Waals surface area (Å²) in [6.07, 6.45) is 6.48. The highest BCUT2D eigenvalue weighted by atomic mass is 16.5. The van der Waals surface area contributed by atoms with Gasteiger partial charge in [0.2, 0.25) is 5.91 Å². The fraction of sp³-hybridized carbons (Fsp3) is 0.533. The van der Waals surface area contributed by atoms with Gasteiger partial charge in [0.1, 0.15) is 5.75 Å². The lowest BCUT2D eigenvalue weighted by atomic mass is 9.46. The van der Waals surface area contributed by atoms with Crippen molar-refractivity contribution in [3.8, 4) is 5.75 Å². The Kier molecular flexibility index (Phi) is 4.40. The van der Waals surface area contributed by atoms with E-state index in [2.05, 4.69) is 11.0 Å². The van der Waals surface area contributed by atoms with Crippen LogP contribution < -0.4 is 5.73 Å². The minimum Gasteiger partial charge on any atom is -0.508 e. The molecular formula is C30H33N3O4. The number of fused-ring (bicyclic) bond motifs is 1. The fourth-order valence-corrected chi connectivity index (χ4v) is 9.23. The number of phenols is 1. The Labute approximate surface area is 216 Å². The summed E-state index contributed by atoms with van der Waals surface area (Å²) in [6, 6.07) is 13.2. The predicted molar refractivity (Wildman–Crippen MR) is 136 cm³/mol. The van der Waals surface area contributed by atoms with E-state index in [-0.39, 0.29) is 35.0 Å². The van der Waals surface area contributed by atoms with E-state index in [0.717, 1.165) is 38.1 Å². The van der Waals surface area contributed by atoms with E-state index in [4.69, 9.17) is 10.5 Å². The zero-order valence-corrected chi connectivity index (χ0v) is 20.9. The lowest BCUT2D eigenvalue weighted by Crippen LogP contribution is -2.74. The zero-order valence-electron chi connectivity index (χ0n) is 20.9. The molecule has 2 aromatic carbocycles. The Morgan fingerprint density at radius 3 is 2.73 bits per heavy atom. The molecule has 0 spiro atoms. The summed E-state index contributed by atoms with van der Waals surface area (Å²) in [6.45, 7) is 2.78. The molecule has 2 aromatic rings. The summed E-state index contributed by atoms with van der Waals surface area (Å²) in [5.74, 6) is 0.767. The quantitative estimate of drug-likeness (QED) is 0.675. The Bertz CT molecular complexity index is 1340. The molecule has 5 fully saturated rings. The van der Waals surface area contributed by atoms with Crippen LogP contribution in [0.2, 0.25) is 0 Å². The van der Waals surface area contributed by atoms with Crippen LogP contribution in [0.5, 0.6) is 5.75 Å². The van der Waals surface area contributed by atoms with Crippen LogP contribution in [0.1, 0.15) is 63.9 Å². The molecule has 6 atom stereocenters. The number of nitrogens with zero attached hydrogens (tertiary/aromatic N) is 2. The highest BCUT2D eigenvalue weighted by Gasteiger charge is 2.78. The third kappa shape index (κ3) is 2.79. The number of aromatic hydroxyl groups is 1. The SMILES string of the molecule is NC(=O)c1cccc(C(=O)N2C[C@H]3O[C@@]45CC[C@@H]2[C@@H]3[C@@]42CCN(CC3CC3)[C@@H]5Cc3ccc(O)cc32)c1. The first kappa shape index (κ1) is 22.1. The van der Waals surface area contributed by atoms with Crippen molar-refractivity contribution in [1.29, 1.82) is 0 Å². The number of carbonyl (C=O) groups excluding carboxylic acids is 2. The summed E-state index contributed by atoms with van der Waals surface area (Å²) in [5.41, 5.74) is 8.50. The number of primary amides is 1. The Morgan fingerprint density at radius 1 is 1.08 bits per heavy atom. The molecule has 2 amide bonds. The van der Waals surface area contributed by atoms with Crippen LogP contribution in [0.4, 0.5) is 0 Å². The van der Waals surface area contributed by atoms with Gasteiger partial charge in [0, 0.05) is 47.6 Å². The van der Waals surface area contributed by atoms with E-state index in [9.17, 15) is 14.7 Å². The molecule has 6 aliphatic rings. The van der Waals surface area contributed by atoms with Crippen molar-refractivity contribution >= 4 is 11.8 Å². The van der Waals surface area contributed by atoms with Crippen LogP contribution in [0.25, 0.3) is 0 Å². The van der Waals surface area contributed by atoms with Crippen molar-refractivity contribution in [2.24, 2.45) is 17.6 Å². The van der Waals surface area contributed by atoms with Crippen molar-refractivity contribution in [3.63, 3.8) is 0 Å². The van der Waals surface area contributed by atoms with Crippen molar-refractivity contribution in [3.05, 3.63) is 64.7 Å². The number of nitrogens with two attached hydrogens (primary N) is 1. The van der Waals surface area contributed by atoms with Gasteiger partial charge in [-0.1, -0.05) is 12.1 Å². The van der Waals surface area contributed by atoms with Gasteiger partial charge in [-0.3, -0.25) is 14.5 Å². The second kappa shape index (κ2) is 7.35. The van der Waals surface area contributed by atoms with Crippen LogP contribution in [-0.2, 0) is 16.6 Å². The first-order valence-corrected chi connectivity index (χ1v) is 13.9. The maximum absolute atomic E-state index is 13.8. The first-order valence-electron chi connectivity index (χ1n) is 13.9. The molecule has 3 heterocycles. The third-order valence-electron chi connectivity index (χ3n) is 10.7. The van der Waals surface area contributed by atoms with E-state index in [0.29, 0.717) is 29.5 Å². The summed E-state index contributed by atoms with van der Waals surface area (Å²) >= 11 is 0. The number of piperidine rings is 1. The predicted octanol–water partition coefficient (Wildman–Crippen LogP) is 2.84. The molecular weight excluding hydrogens is 466 g/mol. The number of amides is 2. The van der Waals surface area contributed by atoms with Crippen LogP contribution in [-0.4, -0.2) is 70.1 Å².